The van der Waals surface area contributed by atoms with Gasteiger partial charge in [-0.15, -0.1) is 0 Å². The molecular weight excluding hydrogens is 298 g/mol. The Morgan fingerprint density at radius 1 is 1.05 bits per heavy atom. The van der Waals surface area contributed by atoms with Crippen LogP contribution >= 0.6 is 15.9 Å². The quantitative estimate of drug-likeness (QED) is 0.392. The molecule has 1 aromatic rings. The van der Waals surface area contributed by atoms with Crippen LogP contribution in [0.3, 0.4) is 0 Å². The zero-order chi connectivity index (χ0) is 13.9. The van der Waals surface area contributed by atoms with E-state index in [0.717, 1.165) is 11.9 Å². The average Bonchev–Trinajstić information content (AvgIpc) is 2.60. The van der Waals surface area contributed by atoms with Crippen LogP contribution in [0.15, 0.2) is 24.3 Å². The van der Waals surface area contributed by atoms with Crippen molar-refractivity contribution in [3.8, 4) is 0 Å². The number of rotatable bonds is 6. The topological polar surface area (TPSA) is 3.01 Å². The Kier molecular flexibility index (Phi) is 4.83. The minimum atomic E-state index is 0.187. The number of hydrogen-bond acceptors (Lipinski definition) is 0. The molecule has 2 rings (SSSR count). The minimum Gasteiger partial charge on any atom is -0.199 e. The highest BCUT2D eigenvalue weighted by Gasteiger charge is 2.42. The van der Waals surface area contributed by atoms with E-state index in [1.165, 1.54) is 42.6 Å². The zero-order valence-corrected chi connectivity index (χ0v) is 14.0. The third kappa shape index (κ3) is 2.94. The van der Waals surface area contributed by atoms with Gasteiger partial charge in [-0.1, -0.05) is 40.5 Å². The predicted octanol–water partition coefficient (Wildman–Crippen LogP) is 5.04. The van der Waals surface area contributed by atoms with Crippen LogP contribution in [0.2, 0.25) is 0 Å². The Balaban J connectivity index is 2.09. The van der Waals surface area contributed by atoms with Crippen molar-refractivity contribution in [1.82, 2.24) is 0 Å². The summed E-state index contributed by atoms with van der Waals surface area (Å²) in [4.78, 5) is 0. The summed E-state index contributed by atoms with van der Waals surface area (Å²) in [6, 6.07) is 8.87. The zero-order valence-electron chi connectivity index (χ0n) is 12.4. The van der Waals surface area contributed by atoms with Gasteiger partial charge in [-0.3, -0.25) is 0 Å². The van der Waals surface area contributed by atoms with Gasteiger partial charge in [0, 0.05) is 30.3 Å². The molecule has 0 unspecified atom stereocenters. The molecule has 1 nitrogen and oxygen atoms in total. The van der Waals surface area contributed by atoms with Gasteiger partial charge in [0.1, 0.15) is 6.54 Å². The Bertz CT molecular complexity index is 474. The number of halogens is 1. The normalized spacial score (nSPS) is 16.8. The first-order valence-corrected chi connectivity index (χ1v) is 8.48. The molecule has 0 atom stereocenters. The summed E-state index contributed by atoms with van der Waals surface area (Å²) in [5.41, 5.74) is 4.58. The average molecular weight is 323 g/mol. The van der Waals surface area contributed by atoms with Crippen molar-refractivity contribution in [2.75, 3.05) is 11.9 Å². The molecule has 0 aromatic heterocycles. The number of nitrogens with zero attached hydrogens (tertiary/aromatic N) is 1. The van der Waals surface area contributed by atoms with Crippen molar-refractivity contribution in [3.63, 3.8) is 0 Å². The number of hydrogen-bond donors (Lipinski definition) is 0. The van der Waals surface area contributed by atoms with Gasteiger partial charge in [0.25, 0.3) is 0 Å². The maximum atomic E-state index is 3.50. The largest absolute Gasteiger partial charge is 0.209 e. The van der Waals surface area contributed by atoms with Gasteiger partial charge in [-0.05, 0) is 26.7 Å². The van der Waals surface area contributed by atoms with Crippen LogP contribution in [0, 0.1) is 0 Å². The number of alkyl halides is 1. The smallest absolute Gasteiger partial charge is 0.199 e. The van der Waals surface area contributed by atoms with Crippen LogP contribution in [0.5, 0.6) is 0 Å². The first kappa shape index (κ1) is 14.8. The molecule has 0 aliphatic carbocycles. The SMILES string of the molecule is CC1=[N+](CCCCCCBr)c2ccccc2C1(C)C. The summed E-state index contributed by atoms with van der Waals surface area (Å²) < 4.78 is 2.53. The van der Waals surface area contributed by atoms with E-state index in [4.69, 9.17) is 0 Å². The molecule has 1 aliphatic rings. The Hall–Kier alpha value is -0.630. The first-order valence-electron chi connectivity index (χ1n) is 7.36. The molecule has 104 valence electrons. The van der Waals surface area contributed by atoms with E-state index >= 15 is 0 Å². The summed E-state index contributed by atoms with van der Waals surface area (Å²) in [6.07, 6.45) is 5.25. The van der Waals surface area contributed by atoms with Crippen molar-refractivity contribution >= 4 is 27.3 Å². The highest BCUT2D eigenvalue weighted by atomic mass is 79.9. The Labute approximate surface area is 125 Å². The van der Waals surface area contributed by atoms with Crippen LogP contribution in [0.25, 0.3) is 0 Å². The molecule has 0 saturated heterocycles. The van der Waals surface area contributed by atoms with Crippen molar-refractivity contribution in [2.24, 2.45) is 0 Å². The highest BCUT2D eigenvalue weighted by molar-refractivity contribution is 9.09. The number of para-hydroxylation sites is 1. The molecule has 1 heterocycles. The van der Waals surface area contributed by atoms with Gasteiger partial charge in [0.05, 0.1) is 5.41 Å². The summed E-state index contributed by atoms with van der Waals surface area (Å²) >= 11 is 3.50. The summed E-state index contributed by atoms with van der Waals surface area (Å²) in [7, 11) is 0. The second kappa shape index (κ2) is 6.21. The highest BCUT2D eigenvalue weighted by Crippen LogP contribution is 2.39. The van der Waals surface area contributed by atoms with Crippen LogP contribution in [-0.4, -0.2) is 22.2 Å². The molecule has 1 aliphatic heterocycles. The summed E-state index contributed by atoms with van der Waals surface area (Å²) in [5.74, 6) is 0. The predicted molar refractivity (Wildman–Crippen MR) is 87.2 cm³/mol. The van der Waals surface area contributed by atoms with Gasteiger partial charge in [-0.25, -0.2) is 0 Å². The minimum absolute atomic E-state index is 0.187. The lowest BCUT2D eigenvalue weighted by atomic mass is 9.82. The van der Waals surface area contributed by atoms with Gasteiger partial charge in [0.15, 0.2) is 5.71 Å². The van der Waals surface area contributed by atoms with E-state index in [1.54, 1.807) is 0 Å². The second-order valence-corrected chi connectivity index (χ2v) is 6.78. The van der Waals surface area contributed by atoms with E-state index in [-0.39, 0.29) is 5.41 Å². The molecular formula is C17H25BrN+. The van der Waals surface area contributed by atoms with E-state index in [0.29, 0.717) is 0 Å². The number of benzene rings is 1. The van der Waals surface area contributed by atoms with Gasteiger partial charge in [-0.2, -0.15) is 4.58 Å². The fourth-order valence-electron chi connectivity index (χ4n) is 2.96. The van der Waals surface area contributed by atoms with Crippen molar-refractivity contribution < 1.29 is 4.58 Å². The van der Waals surface area contributed by atoms with E-state index in [2.05, 4.69) is 65.5 Å². The lowest BCUT2D eigenvalue weighted by Gasteiger charge is -2.14. The van der Waals surface area contributed by atoms with Crippen LogP contribution in [0.1, 0.15) is 52.0 Å². The van der Waals surface area contributed by atoms with Gasteiger partial charge < -0.3 is 0 Å². The molecule has 0 amide bonds. The molecule has 0 bridgehead atoms. The fourth-order valence-corrected chi connectivity index (χ4v) is 3.35. The second-order valence-electron chi connectivity index (χ2n) is 5.98. The summed E-state index contributed by atoms with van der Waals surface area (Å²) in [6.45, 7) is 8.13. The molecule has 0 radical (unpaired) electrons. The molecule has 1 aromatic carbocycles. The summed E-state index contributed by atoms with van der Waals surface area (Å²) in [5, 5.41) is 1.14. The van der Waals surface area contributed by atoms with Crippen LogP contribution in [0.4, 0.5) is 5.69 Å². The van der Waals surface area contributed by atoms with Gasteiger partial charge in [0.2, 0.25) is 5.69 Å². The van der Waals surface area contributed by atoms with Gasteiger partial charge >= 0.3 is 0 Å². The van der Waals surface area contributed by atoms with Crippen molar-refractivity contribution in [1.29, 1.82) is 0 Å². The van der Waals surface area contributed by atoms with E-state index in [1.807, 2.05) is 0 Å². The molecule has 0 spiro atoms. The van der Waals surface area contributed by atoms with E-state index < -0.39 is 0 Å². The maximum absolute atomic E-state index is 3.50. The lowest BCUT2D eigenvalue weighted by molar-refractivity contribution is -0.439. The molecule has 0 saturated carbocycles. The first-order chi connectivity index (χ1) is 9.09. The third-order valence-electron chi connectivity index (χ3n) is 4.44. The molecule has 19 heavy (non-hydrogen) atoms. The number of unbranched alkanes of at least 4 members (excludes halogenated alkanes) is 3. The van der Waals surface area contributed by atoms with Crippen molar-refractivity contribution in [3.05, 3.63) is 29.8 Å². The molecule has 0 N–H and O–H groups in total. The number of fused-ring (bicyclic) bond motifs is 1. The fraction of sp³-hybridized carbons (Fsp3) is 0.588. The Morgan fingerprint density at radius 2 is 1.74 bits per heavy atom. The Morgan fingerprint density at radius 3 is 2.47 bits per heavy atom. The van der Waals surface area contributed by atoms with Crippen LogP contribution in [-0.2, 0) is 5.41 Å². The monoisotopic (exact) mass is 322 g/mol. The third-order valence-corrected chi connectivity index (χ3v) is 5.00. The van der Waals surface area contributed by atoms with Crippen LogP contribution < -0.4 is 0 Å². The molecule has 0 fully saturated rings. The molecule has 2 heteroatoms. The van der Waals surface area contributed by atoms with Crippen molar-refractivity contribution in [2.45, 2.75) is 51.9 Å². The van der Waals surface area contributed by atoms with E-state index in [9.17, 15) is 0 Å². The standard InChI is InChI=1S/C17H25BrN/c1-14-17(2,3)15-10-6-7-11-16(15)19(14)13-9-5-4-8-12-18/h6-7,10-11H,4-5,8-9,12-13H2,1-3H3/q+1. The lowest BCUT2D eigenvalue weighted by Crippen LogP contribution is -2.26. The maximum Gasteiger partial charge on any atom is 0.209 e.